The normalized spacial score (nSPS) is 21.2. The van der Waals surface area contributed by atoms with Crippen LogP contribution in [0.1, 0.15) is 32.8 Å². The van der Waals surface area contributed by atoms with Crippen LogP contribution in [0.5, 0.6) is 0 Å². The van der Waals surface area contributed by atoms with Crippen LogP contribution in [0.2, 0.25) is 0 Å². The van der Waals surface area contributed by atoms with Crippen molar-refractivity contribution in [3.63, 3.8) is 0 Å². The van der Waals surface area contributed by atoms with Crippen LogP contribution < -0.4 is 0 Å². The molecular weight excluding hydrogens is 238 g/mol. The van der Waals surface area contributed by atoms with E-state index in [9.17, 15) is 9.90 Å². The molecule has 1 aromatic rings. The molecular formula is C16H21NO2. The van der Waals surface area contributed by atoms with Gasteiger partial charge < -0.3 is 10.0 Å². The van der Waals surface area contributed by atoms with Crippen LogP contribution in [0.3, 0.4) is 0 Å². The highest BCUT2D eigenvalue weighted by Crippen LogP contribution is 2.27. The van der Waals surface area contributed by atoms with Crippen LogP contribution in [0, 0.1) is 0 Å². The number of aryl methyl sites for hydroxylation is 1. The standard InChI is InChI=1S/C16H21NO2/c1-11(9-10-14-7-5-4-6-8-14)17-15(18)12(2)13(3)16(17)19/h4-8,11,15,18H,9-10H2,1-3H3. The smallest absolute Gasteiger partial charge is 0.252 e. The van der Waals surface area contributed by atoms with E-state index in [4.69, 9.17) is 0 Å². The molecule has 0 radical (unpaired) electrons. The Kier molecular flexibility index (Phi) is 4.05. The number of carbonyl (C=O) groups excluding carboxylic acids is 1. The number of nitrogens with zero attached hydrogens (tertiary/aromatic N) is 1. The first-order valence-corrected chi connectivity index (χ1v) is 6.74. The molecule has 0 bridgehead atoms. The summed E-state index contributed by atoms with van der Waals surface area (Å²) in [5.74, 6) is -0.0365. The Morgan fingerprint density at radius 3 is 2.42 bits per heavy atom. The lowest BCUT2D eigenvalue weighted by Crippen LogP contribution is -2.42. The first-order chi connectivity index (χ1) is 9.02. The highest BCUT2D eigenvalue weighted by atomic mass is 16.3. The van der Waals surface area contributed by atoms with E-state index < -0.39 is 6.23 Å². The van der Waals surface area contributed by atoms with E-state index in [1.165, 1.54) is 5.56 Å². The second kappa shape index (κ2) is 5.57. The van der Waals surface area contributed by atoms with E-state index in [-0.39, 0.29) is 11.9 Å². The quantitative estimate of drug-likeness (QED) is 0.902. The fourth-order valence-corrected chi connectivity index (χ4v) is 2.48. The molecule has 1 aliphatic rings. The van der Waals surface area contributed by atoms with Gasteiger partial charge in [0.1, 0.15) is 0 Å². The molecule has 1 heterocycles. The third-order valence-corrected chi connectivity index (χ3v) is 3.97. The van der Waals surface area contributed by atoms with Crippen molar-refractivity contribution >= 4 is 5.91 Å². The predicted octanol–water partition coefficient (Wildman–Crippen LogP) is 2.50. The van der Waals surface area contributed by atoms with Crippen LogP contribution in [-0.2, 0) is 11.2 Å². The van der Waals surface area contributed by atoms with Crippen molar-refractivity contribution in [3.8, 4) is 0 Å². The molecule has 2 atom stereocenters. The Labute approximate surface area is 114 Å². The van der Waals surface area contributed by atoms with Crippen molar-refractivity contribution in [2.45, 2.75) is 45.9 Å². The van der Waals surface area contributed by atoms with Crippen LogP contribution in [-0.4, -0.2) is 28.2 Å². The van der Waals surface area contributed by atoms with E-state index in [1.807, 2.05) is 32.0 Å². The maximum atomic E-state index is 12.1. The topological polar surface area (TPSA) is 40.5 Å². The van der Waals surface area contributed by atoms with Gasteiger partial charge >= 0.3 is 0 Å². The molecule has 2 unspecified atom stereocenters. The zero-order chi connectivity index (χ0) is 14.0. The SMILES string of the molecule is CC1=C(C)C(O)N(C(C)CCc2ccccc2)C1=O. The summed E-state index contributed by atoms with van der Waals surface area (Å²) in [7, 11) is 0. The Morgan fingerprint density at radius 2 is 1.89 bits per heavy atom. The van der Waals surface area contributed by atoms with Gasteiger partial charge in [0, 0.05) is 11.6 Å². The van der Waals surface area contributed by atoms with Crippen molar-refractivity contribution in [1.82, 2.24) is 4.90 Å². The molecule has 102 valence electrons. The number of hydrogen-bond acceptors (Lipinski definition) is 2. The number of amides is 1. The number of carbonyl (C=O) groups is 1. The maximum absolute atomic E-state index is 12.1. The van der Waals surface area contributed by atoms with E-state index in [2.05, 4.69) is 12.1 Å². The molecule has 1 amide bonds. The molecule has 0 saturated carbocycles. The summed E-state index contributed by atoms with van der Waals surface area (Å²) in [6.07, 6.45) is 1.02. The molecule has 1 aromatic carbocycles. The van der Waals surface area contributed by atoms with E-state index >= 15 is 0 Å². The van der Waals surface area contributed by atoms with Gasteiger partial charge in [-0.1, -0.05) is 30.3 Å². The molecule has 0 aliphatic carbocycles. The van der Waals surface area contributed by atoms with Gasteiger partial charge in [-0.15, -0.1) is 0 Å². The fraction of sp³-hybridized carbons (Fsp3) is 0.438. The highest BCUT2D eigenvalue weighted by Gasteiger charge is 2.36. The number of hydrogen-bond donors (Lipinski definition) is 1. The van der Waals surface area contributed by atoms with Gasteiger partial charge in [0.05, 0.1) is 0 Å². The summed E-state index contributed by atoms with van der Waals surface area (Å²) in [5, 5.41) is 10.1. The zero-order valence-corrected chi connectivity index (χ0v) is 11.8. The predicted molar refractivity (Wildman–Crippen MR) is 75.5 cm³/mol. The van der Waals surface area contributed by atoms with Gasteiger partial charge in [0.25, 0.3) is 5.91 Å². The second-order valence-corrected chi connectivity index (χ2v) is 5.27. The van der Waals surface area contributed by atoms with E-state index in [0.29, 0.717) is 5.57 Å². The molecule has 19 heavy (non-hydrogen) atoms. The third kappa shape index (κ3) is 2.71. The minimum Gasteiger partial charge on any atom is -0.369 e. The van der Waals surface area contributed by atoms with Crippen LogP contribution in [0.4, 0.5) is 0 Å². The van der Waals surface area contributed by atoms with Crippen molar-refractivity contribution in [2.24, 2.45) is 0 Å². The van der Waals surface area contributed by atoms with Gasteiger partial charge in [0.15, 0.2) is 6.23 Å². The number of aliphatic hydroxyl groups is 1. The summed E-state index contributed by atoms with van der Waals surface area (Å²) >= 11 is 0. The number of rotatable bonds is 4. The molecule has 1 aliphatic heterocycles. The van der Waals surface area contributed by atoms with E-state index in [1.54, 1.807) is 11.8 Å². The Hall–Kier alpha value is -1.61. The first kappa shape index (κ1) is 13.8. The Bertz CT molecular complexity index is 493. The van der Waals surface area contributed by atoms with Gasteiger partial charge in [-0.25, -0.2) is 0 Å². The van der Waals surface area contributed by atoms with Gasteiger partial charge in [-0.05, 0) is 44.7 Å². The minimum atomic E-state index is -0.752. The Morgan fingerprint density at radius 1 is 1.26 bits per heavy atom. The molecule has 0 aromatic heterocycles. The van der Waals surface area contributed by atoms with Gasteiger partial charge in [-0.2, -0.15) is 0 Å². The molecule has 1 N–H and O–H groups in total. The van der Waals surface area contributed by atoms with Crippen molar-refractivity contribution in [2.75, 3.05) is 0 Å². The maximum Gasteiger partial charge on any atom is 0.252 e. The summed E-state index contributed by atoms with van der Waals surface area (Å²) in [6, 6.07) is 10.2. The molecule has 2 rings (SSSR count). The summed E-state index contributed by atoms with van der Waals surface area (Å²) in [4.78, 5) is 13.7. The second-order valence-electron chi connectivity index (χ2n) is 5.27. The van der Waals surface area contributed by atoms with Gasteiger partial charge in [-0.3, -0.25) is 4.79 Å². The minimum absolute atomic E-state index is 0.0365. The summed E-state index contributed by atoms with van der Waals surface area (Å²) in [5.41, 5.74) is 2.72. The molecule has 3 heteroatoms. The molecule has 0 spiro atoms. The number of aliphatic hydroxyl groups excluding tert-OH is 1. The molecule has 0 saturated heterocycles. The first-order valence-electron chi connectivity index (χ1n) is 6.74. The van der Waals surface area contributed by atoms with Crippen molar-refractivity contribution < 1.29 is 9.90 Å². The molecule has 3 nitrogen and oxygen atoms in total. The lowest BCUT2D eigenvalue weighted by molar-refractivity contribution is -0.134. The summed E-state index contributed by atoms with van der Waals surface area (Å²) in [6.45, 7) is 5.60. The van der Waals surface area contributed by atoms with E-state index in [0.717, 1.165) is 18.4 Å². The van der Waals surface area contributed by atoms with Crippen LogP contribution >= 0.6 is 0 Å². The average Bonchev–Trinajstić information content (AvgIpc) is 2.62. The van der Waals surface area contributed by atoms with Crippen molar-refractivity contribution in [3.05, 3.63) is 47.0 Å². The highest BCUT2D eigenvalue weighted by molar-refractivity contribution is 5.96. The van der Waals surface area contributed by atoms with Crippen LogP contribution in [0.15, 0.2) is 41.5 Å². The largest absolute Gasteiger partial charge is 0.369 e. The Balaban J connectivity index is 1.98. The van der Waals surface area contributed by atoms with Gasteiger partial charge in [0.2, 0.25) is 0 Å². The van der Waals surface area contributed by atoms with Crippen molar-refractivity contribution in [1.29, 1.82) is 0 Å². The third-order valence-electron chi connectivity index (χ3n) is 3.97. The zero-order valence-electron chi connectivity index (χ0n) is 11.8. The van der Waals surface area contributed by atoms with Crippen LogP contribution in [0.25, 0.3) is 0 Å². The fourth-order valence-electron chi connectivity index (χ4n) is 2.48. The summed E-state index contributed by atoms with van der Waals surface area (Å²) < 4.78 is 0. The monoisotopic (exact) mass is 259 g/mol. The average molecular weight is 259 g/mol. The molecule has 0 fully saturated rings. The lowest BCUT2D eigenvalue weighted by atomic mass is 10.1. The lowest BCUT2D eigenvalue weighted by Gasteiger charge is -2.29. The number of benzene rings is 1.